The number of benzene rings is 1. The highest BCUT2D eigenvalue weighted by atomic mass is 32.2. The van der Waals surface area contributed by atoms with Crippen molar-refractivity contribution in [3.63, 3.8) is 0 Å². The van der Waals surface area contributed by atoms with E-state index >= 15 is 0 Å². The Morgan fingerprint density at radius 2 is 2.00 bits per heavy atom. The van der Waals surface area contributed by atoms with Crippen molar-refractivity contribution >= 4 is 22.8 Å². The van der Waals surface area contributed by atoms with E-state index in [2.05, 4.69) is 39.9 Å². The molecule has 1 N–H and O–H groups in total. The van der Waals surface area contributed by atoms with Crippen molar-refractivity contribution in [1.29, 1.82) is 0 Å². The summed E-state index contributed by atoms with van der Waals surface area (Å²) in [4.78, 5) is 9.10. The van der Waals surface area contributed by atoms with Gasteiger partial charge in [-0.25, -0.2) is 4.98 Å². The van der Waals surface area contributed by atoms with Gasteiger partial charge in [-0.2, -0.15) is 16.7 Å². The van der Waals surface area contributed by atoms with Crippen LogP contribution in [0.2, 0.25) is 0 Å². The minimum Gasteiger partial charge on any atom is -0.470 e. The second-order valence-corrected chi connectivity index (χ2v) is 11.4. The Morgan fingerprint density at radius 3 is 2.67 bits per heavy atom. The molecule has 36 heavy (non-hydrogen) atoms. The zero-order chi connectivity index (χ0) is 25.8. The van der Waals surface area contributed by atoms with Gasteiger partial charge in [-0.3, -0.25) is 0 Å². The van der Waals surface area contributed by atoms with Crippen LogP contribution in [0.25, 0.3) is 11.0 Å². The summed E-state index contributed by atoms with van der Waals surface area (Å²) in [6, 6.07) is 10.3. The van der Waals surface area contributed by atoms with Crippen LogP contribution in [-0.4, -0.2) is 56.7 Å². The maximum Gasteiger partial charge on any atom is 0.242 e. The summed E-state index contributed by atoms with van der Waals surface area (Å²) in [5.41, 5.74) is 3.47. The zero-order valence-electron chi connectivity index (χ0n) is 22.1. The molecule has 3 aromatic rings. The smallest absolute Gasteiger partial charge is 0.242 e. The van der Waals surface area contributed by atoms with Crippen LogP contribution in [0.5, 0.6) is 5.88 Å². The third-order valence-corrected chi connectivity index (χ3v) is 6.51. The molecule has 0 saturated carbocycles. The van der Waals surface area contributed by atoms with Gasteiger partial charge in [0.05, 0.1) is 13.2 Å². The van der Waals surface area contributed by atoms with E-state index in [0.717, 1.165) is 27.9 Å². The predicted molar refractivity (Wildman–Crippen MR) is 143 cm³/mol. The summed E-state index contributed by atoms with van der Waals surface area (Å²) in [5.74, 6) is 0.912. The van der Waals surface area contributed by atoms with Gasteiger partial charge >= 0.3 is 0 Å². The van der Waals surface area contributed by atoms with Crippen LogP contribution >= 0.6 is 11.8 Å². The van der Waals surface area contributed by atoms with Crippen LogP contribution in [0.1, 0.15) is 45.7 Å². The molecule has 2 atom stereocenters. The molecule has 9 heteroatoms. The first kappa shape index (κ1) is 26.9. The van der Waals surface area contributed by atoms with Crippen LogP contribution in [0.4, 0.5) is 0 Å². The number of hydrogen-bond acceptors (Lipinski definition) is 8. The van der Waals surface area contributed by atoms with Gasteiger partial charge in [-0.15, -0.1) is 0 Å². The second-order valence-electron chi connectivity index (χ2n) is 10.5. The largest absolute Gasteiger partial charge is 0.470 e. The van der Waals surface area contributed by atoms with Gasteiger partial charge in [0.2, 0.25) is 5.88 Å². The van der Waals surface area contributed by atoms with Crippen molar-refractivity contribution < 1.29 is 18.9 Å². The minimum atomic E-state index is -0.554. The van der Waals surface area contributed by atoms with Gasteiger partial charge in [0.15, 0.2) is 5.79 Å². The molecular formula is C27H38N4O4S. The first-order valence-electron chi connectivity index (χ1n) is 12.3. The highest BCUT2D eigenvalue weighted by molar-refractivity contribution is 7.98. The molecule has 0 aliphatic carbocycles. The molecule has 1 fully saturated rings. The van der Waals surface area contributed by atoms with Crippen molar-refractivity contribution in [3.8, 4) is 5.88 Å². The van der Waals surface area contributed by atoms with Crippen LogP contribution in [0.3, 0.4) is 0 Å². The maximum atomic E-state index is 6.21. The average Bonchev–Trinajstić information content (AvgIpc) is 3.36. The second kappa shape index (κ2) is 11.5. The summed E-state index contributed by atoms with van der Waals surface area (Å²) < 4.78 is 26.3. The molecule has 196 valence electrons. The van der Waals surface area contributed by atoms with Gasteiger partial charge in [-0.1, -0.05) is 30.3 Å². The lowest BCUT2D eigenvalue weighted by molar-refractivity contribution is -0.141. The number of hydrogen-bond donors (Lipinski definition) is 1. The van der Waals surface area contributed by atoms with Crippen molar-refractivity contribution in [2.24, 2.45) is 0 Å². The van der Waals surface area contributed by atoms with Gasteiger partial charge in [-0.05, 0) is 46.4 Å². The molecule has 4 rings (SSSR count). The summed E-state index contributed by atoms with van der Waals surface area (Å²) in [5, 5.41) is 3.69. The molecule has 2 aromatic heterocycles. The lowest BCUT2D eigenvalue weighted by Gasteiger charge is -2.24. The standard InChI is InChI=1S/C27H38N4O4S/c1-26(2,3)35-25-24-23(29-17-30-25)20(13-31(24)18-32-14-19-10-8-7-9-11-19)12-28-21(16-36-6)22-15-33-27(4,5)34-22/h7-11,13,17,21-22,28H,12,14-16,18H2,1-6H3/t21-,22?/m0/s1. The number of rotatable bonds is 11. The number of fused-ring (bicyclic) bond motifs is 1. The van der Waals surface area contributed by atoms with Crippen molar-refractivity contribution in [2.45, 2.75) is 78.0 Å². The molecule has 8 nitrogen and oxygen atoms in total. The quantitative estimate of drug-likeness (QED) is 0.393. The molecule has 1 aromatic carbocycles. The Hall–Kier alpha value is -2.17. The minimum absolute atomic E-state index is 0.00980. The van der Waals surface area contributed by atoms with Gasteiger partial charge in [0.1, 0.15) is 35.8 Å². The molecule has 0 spiro atoms. The molecule has 0 amide bonds. The van der Waals surface area contributed by atoms with Crippen molar-refractivity contribution in [3.05, 3.63) is 54.0 Å². The summed E-state index contributed by atoms with van der Waals surface area (Å²) in [7, 11) is 0. The maximum absolute atomic E-state index is 6.21. The first-order valence-corrected chi connectivity index (χ1v) is 13.7. The average molecular weight is 515 g/mol. The third kappa shape index (κ3) is 6.98. The lowest BCUT2D eigenvalue weighted by Crippen LogP contribution is -2.43. The fourth-order valence-electron chi connectivity index (χ4n) is 4.23. The summed E-state index contributed by atoms with van der Waals surface area (Å²) in [6.45, 7) is 12.0. The van der Waals surface area contributed by atoms with Gasteiger partial charge < -0.3 is 28.8 Å². The number of nitrogens with one attached hydrogen (secondary N) is 1. The van der Waals surface area contributed by atoms with E-state index < -0.39 is 11.4 Å². The lowest BCUT2D eigenvalue weighted by atomic mass is 10.2. The number of nitrogens with zero attached hydrogens (tertiary/aromatic N) is 3. The number of aromatic nitrogens is 3. The molecule has 1 aliphatic heterocycles. The Labute approximate surface area is 218 Å². The molecular weight excluding hydrogens is 476 g/mol. The summed E-state index contributed by atoms with van der Waals surface area (Å²) >= 11 is 1.79. The molecule has 3 heterocycles. The molecule has 1 saturated heterocycles. The number of ether oxygens (including phenoxy) is 4. The fourth-order valence-corrected chi connectivity index (χ4v) is 4.93. The monoisotopic (exact) mass is 514 g/mol. The zero-order valence-corrected chi connectivity index (χ0v) is 22.9. The van der Waals surface area contributed by atoms with Crippen LogP contribution in [0, 0.1) is 0 Å². The highest BCUT2D eigenvalue weighted by Crippen LogP contribution is 2.30. The molecule has 0 radical (unpaired) electrons. The van der Waals surface area contributed by atoms with Crippen molar-refractivity contribution in [2.75, 3.05) is 18.6 Å². The van der Waals surface area contributed by atoms with E-state index in [1.54, 1.807) is 18.1 Å². The SMILES string of the molecule is CSC[C@H](NCc1cn(COCc2ccccc2)c2c(OC(C)(C)C)ncnc12)C1COC(C)(C)O1. The molecule has 1 aliphatic rings. The third-order valence-electron chi connectivity index (χ3n) is 5.82. The topological polar surface area (TPSA) is 79.7 Å². The van der Waals surface area contributed by atoms with Crippen LogP contribution < -0.4 is 10.1 Å². The Balaban J connectivity index is 1.57. The summed E-state index contributed by atoms with van der Waals surface area (Å²) in [6.07, 6.45) is 5.75. The normalized spacial score (nSPS) is 18.6. The molecule has 0 bridgehead atoms. The fraction of sp³-hybridized carbons (Fsp3) is 0.556. The molecule has 1 unspecified atom stereocenters. The first-order chi connectivity index (χ1) is 17.1. The van der Waals surface area contributed by atoms with E-state index in [1.165, 1.54) is 0 Å². The van der Waals surface area contributed by atoms with E-state index in [0.29, 0.717) is 32.4 Å². The van der Waals surface area contributed by atoms with Crippen LogP contribution in [0.15, 0.2) is 42.9 Å². The Kier molecular flexibility index (Phi) is 8.57. The Bertz CT molecular complexity index is 1130. The van der Waals surface area contributed by atoms with E-state index in [9.17, 15) is 0 Å². The van der Waals surface area contributed by atoms with Gasteiger partial charge in [0, 0.05) is 30.1 Å². The predicted octanol–water partition coefficient (Wildman–Crippen LogP) is 4.76. The van der Waals surface area contributed by atoms with E-state index in [-0.39, 0.29) is 12.1 Å². The van der Waals surface area contributed by atoms with Crippen LogP contribution in [-0.2, 0) is 34.1 Å². The number of thioether (sulfide) groups is 1. The highest BCUT2D eigenvalue weighted by Gasteiger charge is 2.37. The Morgan fingerprint density at radius 1 is 1.22 bits per heavy atom. The van der Waals surface area contributed by atoms with E-state index in [1.807, 2.05) is 57.4 Å². The van der Waals surface area contributed by atoms with Crippen molar-refractivity contribution in [1.82, 2.24) is 19.9 Å². The van der Waals surface area contributed by atoms with Gasteiger partial charge in [0.25, 0.3) is 0 Å². The van der Waals surface area contributed by atoms with E-state index in [4.69, 9.17) is 18.9 Å².